The number of aryl methyl sites for hydroxylation is 1. The van der Waals surface area contributed by atoms with E-state index in [-0.39, 0.29) is 18.4 Å². The van der Waals surface area contributed by atoms with Gasteiger partial charge in [0, 0.05) is 12.5 Å². The van der Waals surface area contributed by atoms with Crippen LogP contribution >= 0.6 is 11.3 Å². The molecule has 0 aliphatic heterocycles. The number of carboxylic acids is 1. The molecule has 1 aromatic carbocycles. The number of hydrogen-bond donors (Lipinski definition) is 2. The summed E-state index contributed by atoms with van der Waals surface area (Å²) in [7, 11) is 0. The summed E-state index contributed by atoms with van der Waals surface area (Å²) in [4.78, 5) is 27.9. The van der Waals surface area contributed by atoms with Gasteiger partial charge in [-0.3, -0.25) is 9.59 Å². The Balaban J connectivity index is 1.48. The van der Waals surface area contributed by atoms with Crippen LogP contribution in [-0.2, 0) is 16.0 Å². The van der Waals surface area contributed by atoms with Crippen LogP contribution in [0.1, 0.15) is 50.0 Å². The summed E-state index contributed by atoms with van der Waals surface area (Å²) in [5, 5.41) is 13.1. The summed E-state index contributed by atoms with van der Waals surface area (Å²) in [6, 6.07) is 7.81. The van der Waals surface area contributed by atoms with E-state index in [4.69, 9.17) is 5.11 Å². The number of aromatic nitrogens is 1. The van der Waals surface area contributed by atoms with Gasteiger partial charge in [0.15, 0.2) is 0 Å². The monoisotopic (exact) mass is 360 g/mol. The van der Waals surface area contributed by atoms with E-state index < -0.39 is 5.97 Å². The fraction of sp³-hybridized carbons (Fsp3) is 0.526. The van der Waals surface area contributed by atoms with Gasteiger partial charge in [-0.2, -0.15) is 0 Å². The molecule has 25 heavy (non-hydrogen) atoms. The molecule has 1 amide bonds. The second-order valence-corrected chi connectivity index (χ2v) is 7.86. The Morgan fingerprint density at radius 1 is 1.28 bits per heavy atom. The third-order valence-electron chi connectivity index (χ3n) is 4.84. The number of carbonyl (C=O) groups is 2. The molecule has 2 N–H and O–H groups in total. The van der Waals surface area contributed by atoms with Gasteiger partial charge in [-0.25, -0.2) is 4.98 Å². The van der Waals surface area contributed by atoms with Gasteiger partial charge in [0.25, 0.3) is 0 Å². The smallest absolute Gasteiger partial charge is 0.305 e. The maximum atomic E-state index is 12.2. The lowest BCUT2D eigenvalue weighted by atomic mass is 9.95. The molecule has 1 aromatic heterocycles. The van der Waals surface area contributed by atoms with Crippen molar-refractivity contribution >= 4 is 33.4 Å². The van der Waals surface area contributed by atoms with Crippen LogP contribution in [0.2, 0.25) is 0 Å². The van der Waals surface area contributed by atoms with Crippen molar-refractivity contribution in [1.82, 2.24) is 10.3 Å². The van der Waals surface area contributed by atoms with E-state index in [0.717, 1.165) is 49.0 Å². The molecule has 1 aliphatic carbocycles. The number of hydrogen-bond acceptors (Lipinski definition) is 4. The van der Waals surface area contributed by atoms with E-state index in [1.165, 1.54) is 4.70 Å². The van der Waals surface area contributed by atoms with Gasteiger partial charge in [0.2, 0.25) is 5.91 Å². The average Bonchev–Trinajstić information content (AvgIpc) is 3.23. The number of thiazole rings is 1. The first kappa shape index (κ1) is 17.9. The molecule has 0 bridgehead atoms. The number of rotatable bonds is 8. The molecule has 1 aliphatic rings. The first-order chi connectivity index (χ1) is 12.1. The summed E-state index contributed by atoms with van der Waals surface area (Å²) in [5.74, 6) is -0.574. The van der Waals surface area contributed by atoms with Crippen molar-refractivity contribution in [2.45, 2.75) is 57.4 Å². The Morgan fingerprint density at radius 3 is 2.76 bits per heavy atom. The van der Waals surface area contributed by atoms with Gasteiger partial charge < -0.3 is 10.4 Å². The molecule has 0 unspecified atom stereocenters. The van der Waals surface area contributed by atoms with Crippen LogP contribution in [0.4, 0.5) is 0 Å². The summed E-state index contributed by atoms with van der Waals surface area (Å²) in [6.45, 7) is 0. The van der Waals surface area contributed by atoms with Crippen molar-refractivity contribution in [2.24, 2.45) is 5.92 Å². The van der Waals surface area contributed by atoms with Crippen molar-refractivity contribution in [1.29, 1.82) is 0 Å². The van der Waals surface area contributed by atoms with Crippen LogP contribution in [0, 0.1) is 5.92 Å². The zero-order chi connectivity index (χ0) is 17.6. The largest absolute Gasteiger partial charge is 0.481 e. The topological polar surface area (TPSA) is 79.3 Å². The number of nitrogens with one attached hydrogen (secondary N) is 1. The lowest BCUT2D eigenvalue weighted by molar-refractivity contribution is -0.138. The fourth-order valence-electron chi connectivity index (χ4n) is 3.59. The third kappa shape index (κ3) is 5.01. The van der Waals surface area contributed by atoms with Gasteiger partial charge >= 0.3 is 5.97 Å². The van der Waals surface area contributed by atoms with Crippen LogP contribution in [0.3, 0.4) is 0 Å². The maximum absolute atomic E-state index is 12.2. The van der Waals surface area contributed by atoms with Crippen molar-refractivity contribution in [3.63, 3.8) is 0 Å². The van der Waals surface area contributed by atoms with Gasteiger partial charge in [0.05, 0.1) is 21.6 Å². The fourth-order valence-corrected chi connectivity index (χ4v) is 4.60. The minimum atomic E-state index is -0.841. The highest BCUT2D eigenvalue weighted by Crippen LogP contribution is 2.29. The zero-order valence-corrected chi connectivity index (χ0v) is 15.1. The van der Waals surface area contributed by atoms with E-state index in [2.05, 4.69) is 16.4 Å². The molecule has 1 saturated carbocycles. The Bertz CT molecular complexity index is 704. The average molecular weight is 360 g/mol. The Morgan fingerprint density at radius 2 is 2.04 bits per heavy atom. The molecule has 0 saturated heterocycles. The lowest BCUT2D eigenvalue weighted by Gasteiger charge is -2.23. The van der Waals surface area contributed by atoms with E-state index >= 15 is 0 Å². The highest BCUT2D eigenvalue weighted by atomic mass is 32.1. The predicted molar refractivity (Wildman–Crippen MR) is 98.7 cm³/mol. The lowest BCUT2D eigenvalue weighted by Crippen LogP contribution is -2.41. The van der Waals surface area contributed by atoms with Crippen molar-refractivity contribution in [2.75, 3.05) is 0 Å². The highest BCUT2D eigenvalue weighted by molar-refractivity contribution is 7.18. The first-order valence-electron chi connectivity index (χ1n) is 8.97. The Kier molecular flexibility index (Phi) is 6.02. The number of fused-ring (bicyclic) bond motifs is 1. The molecule has 1 atom stereocenters. The Hall–Kier alpha value is -1.95. The summed E-state index contributed by atoms with van der Waals surface area (Å²) < 4.78 is 1.17. The minimum absolute atomic E-state index is 0.0221. The molecule has 5 nitrogen and oxygen atoms in total. The molecular formula is C19H24N2O3S. The summed E-state index contributed by atoms with van der Waals surface area (Å²) >= 11 is 1.67. The van der Waals surface area contributed by atoms with E-state index in [1.54, 1.807) is 11.3 Å². The number of carbonyl (C=O) groups excluding carboxylic acids is 1. The number of para-hydroxylation sites is 1. The van der Waals surface area contributed by atoms with Gasteiger partial charge in [-0.15, -0.1) is 11.3 Å². The minimum Gasteiger partial charge on any atom is -0.481 e. The molecule has 3 rings (SSSR count). The molecule has 134 valence electrons. The second kappa shape index (κ2) is 8.43. The Labute approximate surface area is 151 Å². The molecule has 6 heteroatoms. The van der Waals surface area contributed by atoms with Gasteiger partial charge in [0.1, 0.15) is 0 Å². The summed E-state index contributed by atoms with van der Waals surface area (Å²) in [6.07, 6.45) is 6.25. The molecular weight excluding hydrogens is 336 g/mol. The number of nitrogens with zero attached hydrogens (tertiary/aromatic N) is 1. The highest BCUT2D eigenvalue weighted by Gasteiger charge is 2.28. The van der Waals surface area contributed by atoms with Crippen molar-refractivity contribution in [3.8, 4) is 0 Å². The number of amides is 1. The molecule has 1 fully saturated rings. The van der Waals surface area contributed by atoms with E-state index in [0.29, 0.717) is 12.3 Å². The van der Waals surface area contributed by atoms with Crippen LogP contribution in [-0.4, -0.2) is 28.0 Å². The molecule has 0 spiro atoms. The number of aliphatic carboxylic acids is 1. The predicted octanol–water partition coefficient (Wildman–Crippen LogP) is 3.77. The zero-order valence-electron chi connectivity index (χ0n) is 14.2. The normalized spacial score (nSPS) is 16.2. The van der Waals surface area contributed by atoms with Gasteiger partial charge in [-0.05, 0) is 43.7 Å². The maximum Gasteiger partial charge on any atom is 0.305 e. The standard InChI is InChI=1S/C19H24N2O3S/c22-17(20-15(12-19(23)24)13-6-1-2-7-13)10-5-11-18-21-14-8-3-4-9-16(14)25-18/h3-4,8-9,13,15H,1-2,5-7,10-12H2,(H,20,22)(H,23,24)/t15-/m0/s1. The number of benzene rings is 1. The number of carboxylic acid groups (broad SMARTS) is 1. The van der Waals surface area contributed by atoms with Crippen molar-refractivity contribution < 1.29 is 14.7 Å². The van der Waals surface area contributed by atoms with Gasteiger partial charge in [-0.1, -0.05) is 25.0 Å². The second-order valence-electron chi connectivity index (χ2n) is 6.75. The van der Waals surface area contributed by atoms with Crippen LogP contribution < -0.4 is 5.32 Å². The molecule has 2 aromatic rings. The SMILES string of the molecule is O=C(O)C[C@H](NC(=O)CCCc1nc2ccccc2s1)C1CCCC1. The first-order valence-corrected chi connectivity index (χ1v) is 9.79. The van der Waals surface area contributed by atoms with Crippen LogP contribution in [0.5, 0.6) is 0 Å². The quantitative estimate of drug-likeness (QED) is 0.751. The molecule has 1 heterocycles. The van der Waals surface area contributed by atoms with Crippen LogP contribution in [0.15, 0.2) is 24.3 Å². The van der Waals surface area contributed by atoms with E-state index in [1.807, 2.05) is 18.2 Å². The van der Waals surface area contributed by atoms with Crippen molar-refractivity contribution in [3.05, 3.63) is 29.3 Å². The summed E-state index contributed by atoms with van der Waals surface area (Å²) in [5.41, 5.74) is 1.01. The van der Waals surface area contributed by atoms with E-state index in [9.17, 15) is 9.59 Å². The third-order valence-corrected chi connectivity index (χ3v) is 5.94. The molecule has 0 radical (unpaired) electrons. The van der Waals surface area contributed by atoms with Crippen LogP contribution in [0.25, 0.3) is 10.2 Å².